The van der Waals surface area contributed by atoms with Crippen molar-refractivity contribution in [2.24, 2.45) is 0 Å². The second kappa shape index (κ2) is 7.33. The van der Waals surface area contributed by atoms with Crippen molar-refractivity contribution in [3.63, 3.8) is 0 Å². The van der Waals surface area contributed by atoms with Crippen LogP contribution in [0.4, 0.5) is 10.5 Å². The Morgan fingerprint density at radius 2 is 1.95 bits per heavy atom. The monoisotopic (exact) mass is 318 g/mol. The summed E-state index contributed by atoms with van der Waals surface area (Å²) in [5, 5.41) is 8.54. The van der Waals surface area contributed by atoms with Gasteiger partial charge in [-0.3, -0.25) is 4.72 Å². The fraction of sp³-hybridized carbons (Fsp3) is 0.273. The van der Waals surface area contributed by atoms with E-state index < -0.39 is 28.9 Å². The van der Waals surface area contributed by atoms with E-state index in [2.05, 4.69) is 4.74 Å². The van der Waals surface area contributed by atoms with Gasteiger partial charge in [0.2, 0.25) is 0 Å². The summed E-state index contributed by atoms with van der Waals surface area (Å²) in [5.74, 6) is -1.20. The lowest BCUT2D eigenvalue weighted by Gasteiger charge is -2.12. The Morgan fingerprint density at radius 3 is 2.57 bits per heavy atom. The van der Waals surface area contributed by atoms with Crippen molar-refractivity contribution in [3.8, 4) is 5.75 Å². The minimum absolute atomic E-state index is 0.00846. The van der Waals surface area contributed by atoms with Gasteiger partial charge in [-0.15, -0.1) is 0 Å². The normalized spacial score (nSPS) is 10.5. The molecule has 0 atom stereocenters. The quantitative estimate of drug-likeness (QED) is 0.669. The maximum absolute atomic E-state index is 11.7. The first kappa shape index (κ1) is 16.6. The van der Waals surface area contributed by atoms with Gasteiger partial charge in [0.1, 0.15) is 5.75 Å². The summed E-state index contributed by atoms with van der Waals surface area (Å²) in [6.07, 6.45) is -1.13. The number of anilines is 1. The highest BCUT2D eigenvalue weighted by Gasteiger charge is 2.17. The van der Waals surface area contributed by atoms with Crippen LogP contribution in [0.25, 0.3) is 0 Å². The van der Waals surface area contributed by atoms with Crippen LogP contribution in [0.1, 0.15) is 6.92 Å². The first-order chi connectivity index (χ1) is 9.84. The van der Waals surface area contributed by atoms with Crippen LogP contribution < -0.4 is 14.2 Å². The molecule has 1 aromatic carbocycles. The van der Waals surface area contributed by atoms with Gasteiger partial charge in [-0.2, -0.15) is 8.42 Å². The highest BCUT2D eigenvalue weighted by atomic mass is 32.2. The number of carboxylic acid groups (broad SMARTS) is 1. The number of rotatable bonds is 7. The second-order valence-corrected chi connectivity index (χ2v) is 5.02. The molecule has 1 aromatic rings. The predicted molar refractivity (Wildman–Crippen MR) is 72.3 cm³/mol. The standard InChI is InChI=1S/C11H14N2O7S/c1-2-19-11(16)13-21(17,18)12-8-5-3-4-6-9(8)20-7-10(14)15/h3-6,12H,2,7H2,1H3,(H,13,16)(H,14,15). The zero-order chi connectivity index (χ0) is 15.9. The predicted octanol–water partition coefficient (Wildman–Crippen LogP) is 0.553. The van der Waals surface area contributed by atoms with Gasteiger partial charge in [0.05, 0.1) is 12.3 Å². The summed E-state index contributed by atoms with van der Waals surface area (Å²) in [6.45, 7) is 0.901. The van der Waals surface area contributed by atoms with Crippen LogP contribution in [-0.2, 0) is 19.7 Å². The zero-order valence-corrected chi connectivity index (χ0v) is 11.8. The molecular formula is C11H14N2O7S. The molecule has 0 aliphatic rings. The van der Waals surface area contributed by atoms with Crippen molar-refractivity contribution in [1.29, 1.82) is 0 Å². The molecule has 0 bridgehead atoms. The molecule has 116 valence electrons. The molecule has 1 rings (SSSR count). The molecule has 0 aliphatic heterocycles. The molecule has 3 N–H and O–H groups in total. The minimum atomic E-state index is -4.22. The first-order valence-electron chi connectivity index (χ1n) is 5.75. The Kier molecular flexibility index (Phi) is 5.79. The number of benzene rings is 1. The van der Waals surface area contributed by atoms with Crippen LogP contribution in [0.3, 0.4) is 0 Å². The molecular weight excluding hydrogens is 304 g/mol. The highest BCUT2D eigenvalue weighted by Crippen LogP contribution is 2.24. The van der Waals surface area contributed by atoms with Gasteiger partial charge >= 0.3 is 22.3 Å². The Hall–Kier alpha value is -2.49. The summed E-state index contributed by atoms with van der Waals surface area (Å²) in [7, 11) is -4.22. The van der Waals surface area contributed by atoms with Crippen molar-refractivity contribution < 1.29 is 32.6 Å². The van der Waals surface area contributed by atoms with Crippen LogP contribution in [0.2, 0.25) is 0 Å². The molecule has 0 saturated heterocycles. The molecule has 0 fully saturated rings. The summed E-state index contributed by atoms with van der Waals surface area (Å²) in [5.41, 5.74) is -0.0180. The fourth-order valence-corrected chi connectivity index (χ4v) is 2.04. The Bertz CT molecular complexity index is 615. The SMILES string of the molecule is CCOC(=O)NS(=O)(=O)Nc1ccccc1OCC(=O)O. The number of amides is 1. The lowest BCUT2D eigenvalue weighted by Crippen LogP contribution is -2.35. The van der Waals surface area contributed by atoms with Crippen molar-refractivity contribution in [2.75, 3.05) is 17.9 Å². The first-order valence-corrected chi connectivity index (χ1v) is 7.23. The fourth-order valence-electron chi connectivity index (χ4n) is 1.26. The molecule has 0 saturated carbocycles. The van der Waals surface area contributed by atoms with Gasteiger partial charge in [0.25, 0.3) is 0 Å². The van der Waals surface area contributed by atoms with E-state index in [1.165, 1.54) is 31.2 Å². The molecule has 10 heteroatoms. The maximum atomic E-state index is 11.7. The van der Waals surface area contributed by atoms with E-state index >= 15 is 0 Å². The topological polar surface area (TPSA) is 131 Å². The third-order valence-corrected chi connectivity index (χ3v) is 2.90. The zero-order valence-electron chi connectivity index (χ0n) is 11.0. The van der Waals surface area contributed by atoms with Crippen LogP contribution in [0.5, 0.6) is 5.75 Å². The third-order valence-electron chi connectivity index (χ3n) is 1.98. The molecule has 0 radical (unpaired) electrons. The molecule has 0 unspecified atom stereocenters. The lowest BCUT2D eigenvalue weighted by molar-refractivity contribution is -0.139. The van der Waals surface area contributed by atoms with Crippen molar-refractivity contribution in [1.82, 2.24) is 4.72 Å². The van der Waals surface area contributed by atoms with E-state index in [-0.39, 0.29) is 18.0 Å². The summed E-state index contributed by atoms with van der Waals surface area (Å²) >= 11 is 0. The average Bonchev–Trinajstić information content (AvgIpc) is 2.36. The smallest absolute Gasteiger partial charge is 0.422 e. The molecule has 9 nitrogen and oxygen atoms in total. The molecule has 21 heavy (non-hydrogen) atoms. The van der Waals surface area contributed by atoms with Gasteiger partial charge in [0.15, 0.2) is 6.61 Å². The van der Waals surface area contributed by atoms with Crippen molar-refractivity contribution in [3.05, 3.63) is 24.3 Å². The number of carboxylic acids is 1. The van der Waals surface area contributed by atoms with E-state index in [4.69, 9.17) is 9.84 Å². The average molecular weight is 318 g/mol. The van der Waals surface area contributed by atoms with Gasteiger partial charge in [0, 0.05) is 0 Å². The van der Waals surface area contributed by atoms with Crippen LogP contribution in [0, 0.1) is 0 Å². The molecule has 0 aromatic heterocycles. The van der Waals surface area contributed by atoms with E-state index in [1.54, 1.807) is 4.72 Å². The summed E-state index contributed by atoms with van der Waals surface area (Å²) in [4.78, 5) is 21.5. The Balaban J connectivity index is 2.81. The Labute approximate surface area is 121 Å². The molecule has 1 amide bonds. The number of hydrogen-bond acceptors (Lipinski definition) is 6. The van der Waals surface area contributed by atoms with E-state index in [0.29, 0.717) is 0 Å². The maximum Gasteiger partial charge on any atom is 0.422 e. The van der Waals surface area contributed by atoms with Crippen molar-refractivity contribution >= 4 is 28.0 Å². The molecule has 0 aliphatic carbocycles. The molecule has 0 spiro atoms. The lowest BCUT2D eigenvalue weighted by atomic mass is 10.3. The molecule has 0 heterocycles. The van der Waals surface area contributed by atoms with E-state index in [1.807, 2.05) is 4.72 Å². The van der Waals surface area contributed by atoms with Crippen LogP contribution >= 0.6 is 0 Å². The number of para-hydroxylation sites is 2. The van der Waals surface area contributed by atoms with Gasteiger partial charge in [-0.05, 0) is 19.1 Å². The number of carbonyl (C=O) groups is 2. The number of hydrogen-bond donors (Lipinski definition) is 3. The summed E-state index contributed by atoms with van der Waals surface area (Å²) < 4.78 is 36.4. The third kappa shape index (κ3) is 5.99. The van der Waals surface area contributed by atoms with Gasteiger partial charge < -0.3 is 14.6 Å². The van der Waals surface area contributed by atoms with Crippen LogP contribution in [-0.4, -0.2) is 38.8 Å². The number of carbonyl (C=O) groups excluding carboxylic acids is 1. The number of ether oxygens (including phenoxy) is 2. The van der Waals surface area contributed by atoms with Gasteiger partial charge in [-0.25, -0.2) is 14.3 Å². The van der Waals surface area contributed by atoms with Gasteiger partial charge in [-0.1, -0.05) is 12.1 Å². The Morgan fingerprint density at radius 1 is 1.29 bits per heavy atom. The van der Waals surface area contributed by atoms with E-state index in [0.717, 1.165) is 0 Å². The number of nitrogens with one attached hydrogen (secondary N) is 2. The van der Waals surface area contributed by atoms with E-state index in [9.17, 15) is 18.0 Å². The summed E-state index contributed by atoms with van der Waals surface area (Å²) in [6, 6.07) is 5.77. The number of aliphatic carboxylic acids is 1. The second-order valence-electron chi connectivity index (χ2n) is 3.61. The largest absolute Gasteiger partial charge is 0.480 e. The minimum Gasteiger partial charge on any atom is -0.480 e. The van der Waals surface area contributed by atoms with Crippen molar-refractivity contribution in [2.45, 2.75) is 6.92 Å². The van der Waals surface area contributed by atoms with Crippen LogP contribution in [0.15, 0.2) is 24.3 Å². The highest BCUT2D eigenvalue weighted by molar-refractivity contribution is 7.91.